The van der Waals surface area contributed by atoms with Crippen molar-refractivity contribution in [3.05, 3.63) is 29.8 Å². The largest absolute Gasteiger partial charge is 0.490 e. The fourth-order valence-electron chi connectivity index (χ4n) is 3.91. The van der Waals surface area contributed by atoms with Crippen LogP contribution in [0.1, 0.15) is 64.9 Å². The van der Waals surface area contributed by atoms with Crippen LogP contribution < -0.4 is 4.74 Å². The summed E-state index contributed by atoms with van der Waals surface area (Å²) in [6, 6.07) is 8.73. The van der Waals surface area contributed by atoms with Crippen LogP contribution in [0.3, 0.4) is 0 Å². The third kappa shape index (κ3) is 2.88. The van der Waals surface area contributed by atoms with E-state index in [0.717, 1.165) is 12.2 Å². The van der Waals surface area contributed by atoms with Gasteiger partial charge in [0.05, 0.1) is 0 Å². The number of halogens is 1. The molecule has 21 heavy (non-hydrogen) atoms. The van der Waals surface area contributed by atoms with Crippen molar-refractivity contribution in [3.8, 4) is 5.75 Å². The Balaban J connectivity index is 1.69. The lowest BCUT2D eigenvalue weighted by atomic mass is 9.58. The molecule has 1 nitrogen and oxygen atoms in total. The van der Waals surface area contributed by atoms with Crippen LogP contribution in [-0.2, 0) is 5.41 Å². The zero-order chi connectivity index (χ0) is 15.1. The molecule has 1 aromatic rings. The first-order valence-corrected chi connectivity index (χ1v) is 9.25. The number of ether oxygens (including phenoxy) is 1. The number of hydrogen-bond acceptors (Lipinski definition) is 1. The molecule has 0 heterocycles. The number of benzene rings is 1. The Morgan fingerprint density at radius 2 is 1.67 bits per heavy atom. The Labute approximate surface area is 137 Å². The van der Waals surface area contributed by atoms with Gasteiger partial charge in [0.1, 0.15) is 11.9 Å². The smallest absolute Gasteiger partial charge is 0.119 e. The van der Waals surface area contributed by atoms with Crippen LogP contribution in [0.15, 0.2) is 24.3 Å². The van der Waals surface area contributed by atoms with Crippen molar-refractivity contribution < 1.29 is 4.74 Å². The van der Waals surface area contributed by atoms with Crippen LogP contribution in [0.25, 0.3) is 0 Å². The molecule has 1 spiro atoms. The Kier molecular flexibility index (Phi) is 4.11. The lowest BCUT2D eigenvalue weighted by Crippen LogP contribution is -2.57. The minimum Gasteiger partial charge on any atom is -0.490 e. The molecule has 2 heteroatoms. The van der Waals surface area contributed by atoms with Gasteiger partial charge in [0.2, 0.25) is 0 Å². The molecule has 2 unspecified atom stereocenters. The molecular weight excluding hydrogens is 324 g/mol. The van der Waals surface area contributed by atoms with Gasteiger partial charge in [-0.1, -0.05) is 68.1 Å². The summed E-state index contributed by atoms with van der Waals surface area (Å²) in [6.07, 6.45) is 8.34. The quantitative estimate of drug-likeness (QED) is 0.608. The van der Waals surface area contributed by atoms with Crippen LogP contribution in [0.2, 0.25) is 0 Å². The highest BCUT2D eigenvalue weighted by Gasteiger charge is 2.55. The fourth-order valence-corrected chi connectivity index (χ4v) is 5.00. The Morgan fingerprint density at radius 1 is 1.05 bits per heavy atom. The van der Waals surface area contributed by atoms with Gasteiger partial charge in [0, 0.05) is 10.2 Å². The van der Waals surface area contributed by atoms with E-state index in [9.17, 15) is 0 Å². The van der Waals surface area contributed by atoms with Gasteiger partial charge in [-0.2, -0.15) is 0 Å². The van der Waals surface area contributed by atoms with Crippen molar-refractivity contribution in [2.75, 3.05) is 0 Å². The molecule has 2 aliphatic rings. The van der Waals surface area contributed by atoms with Crippen molar-refractivity contribution in [1.82, 2.24) is 0 Å². The highest BCUT2D eigenvalue weighted by Crippen LogP contribution is 2.56. The standard InChI is InChI=1S/C19H27BrO/c1-18(2,3)14-7-9-15(10-8-14)21-17-13-16(20)19(17)11-5-4-6-12-19/h7-10,16-17H,4-6,11-13H2,1-3H3. The second-order valence-corrected chi connectivity index (χ2v) is 8.98. The Hall–Kier alpha value is -0.500. The van der Waals surface area contributed by atoms with Crippen molar-refractivity contribution in [1.29, 1.82) is 0 Å². The van der Waals surface area contributed by atoms with Gasteiger partial charge in [0.15, 0.2) is 0 Å². The highest BCUT2D eigenvalue weighted by atomic mass is 79.9. The molecule has 116 valence electrons. The van der Waals surface area contributed by atoms with E-state index >= 15 is 0 Å². The van der Waals surface area contributed by atoms with Crippen molar-refractivity contribution in [2.45, 2.75) is 75.6 Å². The zero-order valence-electron chi connectivity index (χ0n) is 13.5. The van der Waals surface area contributed by atoms with Crippen molar-refractivity contribution >= 4 is 15.9 Å². The van der Waals surface area contributed by atoms with Crippen LogP contribution in [0.4, 0.5) is 0 Å². The van der Waals surface area contributed by atoms with Crippen LogP contribution in [0, 0.1) is 5.41 Å². The summed E-state index contributed by atoms with van der Waals surface area (Å²) in [5.41, 5.74) is 1.98. The highest BCUT2D eigenvalue weighted by molar-refractivity contribution is 9.09. The first-order chi connectivity index (χ1) is 9.92. The predicted molar refractivity (Wildman–Crippen MR) is 92.4 cm³/mol. The molecular formula is C19H27BrO. The third-order valence-corrected chi connectivity index (χ3v) is 6.75. The topological polar surface area (TPSA) is 9.23 Å². The van der Waals surface area contributed by atoms with E-state index in [4.69, 9.17) is 4.74 Å². The van der Waals surface area contributed by atoms with Gasteiger partial charge in [-0.15, -0.1) is 0 Å². The lowest BCUT2D eigenvalue weighted by Gasteiger charge is -2.55. The van der Waals surface area contributed by atoms with Gasteiger partial charge in [-0.25, -0.2) is 0 Å². The van der Waals surface area contributed by atoms with Gasteiger partial charge < -0.3 is 4.74 Å². The molecule has 0 bridgehead atoms. The molecule has 0 amide bonds. The number of alkyl halides is 1. The fraction of sp³-hybridized carbons (Fsp3) is 0.684. The molecule has 2 atom stereocenters. The maximum atomic E-state index is 6.35. The van der Waals surface area contributed by atoms with Gasteiger partial charge in [-0.3, -0.25) is 0 Å². The van der Waals surface area contributed by atoms with Crippen LogP contribution in [0.5, 0.6) is 5.75 Å². The van der Waals surface area contributed by atoms with E-state index in [0.29, 0.717) is 16.3 Å². The van der Waals surface area contributed by atoms with Gasteiger partial charge >= 0.3 is 0 Å². The summed E-state index contributed by atoms with van der Waals surface area (Å²) in [5.74, 6) is 1.04. The summed E-state index contributed by atoms with van der Waals surface area (Å²) < 4.78 is 6.35. The second kappa shape index (κ2) is 5.61. The first-order valence-electron chi connectivity index (χ1n) is 8.33. The van der Waals surface area contributed by atoms with Crippen LogP contribution >= 0.6 is 15.9 Å². The monoisotopic (exact) mass is 350 g/mol. The van der Waals surface area contributed by atoms with Crippen molar-refractivity contribution in [2.24, 2.45) is 5.41 Å². The molecule has 0 aliphatic heterocycles. The molecule has 2 fully saturated rings. The predicted octanol–water partition coefficient (Wildman–Crippen LogP) is 5.85. The van der Waals surface area contributed by atoms with E-state index < -0.39 is 0 Å². The van der Waals surface area contributed by atoms with Crippen molar-refractivity contribution in [3.63, 3.8) is 0 Å². The summed E-state index contributed by atoms with van der Waals surface area (Å²) in [5, 5.41) is 0. The molecule has 0 N–H and O–H groups in total. The van der Waals surface area contributed by atoms with Gasteiger partial charge in [-0.05, 0) is 42.4 Å². The molecule has 0 radical (unpaired) electrons. The van der Waals surface area contributed by atoms with E-state index in [2.05, 4.69) is 61.0 Å². The minimum atomic E-state index is 0.209. The maximum absolute atomic E-state index is 6.35. The minimum absolute atomic E-state index is 0.209. The van der Waals surface area contributed by atoms with E-state index in [1.807, 2.05) is 0 Å². The summed E-state index contributed by atoms with van der Waals surface area (Å²) in [6.45, 7) is 6.75. The molecule has 2 saturated carbocycles. The summed E-state index contributed by atoms with van der Waals surface area (Å²) in [4.78, 5) is 0.657. The first kappa shape index (κ1) is 15.4. The normalized spacial score (nSPS) is 28.2. The van der Waals surface area contributed by atoms with E-state index in [1.165, 1.54) is 37.7 Å². The molecule has 2 aliphatic carbocycles. The third-order valence-electron chi connectivity index (χ3n) is 5.47. The Morgan fingerprint density at radius 3 is 2.19 bits per heavy atom. The zero-order valence-corrected chi connectivity index (χ0v) is 15.1. The average molecular weight is 351 g/mol. The van der Waals surface area contributed by atoms with Crippen LogP contribution in [-0.4, -0.2) is 10.9 Å². The number of hydrogen-bond donors (Lipinski definition) is 0. The SMILES string of the molecule is CC(C)(C)c1ccc(OC2CC(Br)C23CCCCC3)cc1. The second-order valence-electron chi connectivity index (χ2n) is 7.88. The van der Waals surface area contributed by atoms with E-state index in [-0.39, 0.29) is 5.41 Å². The Bertz CT molecular complexity index is 479. The summed E-state index contributed by atoms with van der Waals surface area (Å²) >= 11 is 3.89. The summed E-state index contributed by atoms with van der Waals surface area (Å²) in [7, 11) is 0. The number of rotatable bonds is 2. The van der Waals surface area contributed by atoms with E-state index in [1.54, 1.807) is 0 Å². The average Bonchev–Trinajstić information content (AvgIpc) is 2.47. The maximum Gasteiger partial charge on any atom is 0.119 e. The molecule has 0 saturated heterocycles. The lowest BCUT2D eigenvalue weighted by molar-refractivity contribution is -0.0601. The molecule has 1 aromatic carbocycles. The molecule has 3 rings (SSSR count). The molecule has 0 aromatic heterocycles. The van der Waals surface area contributed by atoms with Gasteiger partial charge in [0.25, 0.3) is 0 Å².